The lowest BCUT2D eigenvalue weighted by molar-refractivity contribution is -0.119. The summed E-state index contributed by atoms with van der Waals surface area (Å²) in [5.74, 6) is 0.516. The molecule has 0 aliphatic heterocycles. The van der Waals surface area contributed by atoms with Crippen molar-refractivity contribution in [2.24, 2.45) is 5.10 Å². The van der Waals surface area contributed by atoms with Gasteiger partial charge in [0.25, 0.3) is 5.91 Å². The number of aryl methyl sites for hydroxylation is 2. The Labute approximate surface area is 181 Å². The Morgan fingerprint density at radius 3 is 2.40 bits per heavy atom. The molecule has 0 fully saturated rings. The molecular weight excluding hydrogens is 398 g/mol. The van der Waals surface area contributed by atoms with Crippen molar-refractivity contribution in [3.05, 3.63) is 94.0 Å². The van der Waals surface area contributed by atoms with E-state index in [9.17, 15) is 4.79 Å². The van der Waals surface area contributed by atoms with Gasteiger partial charge in [-0.15, -0.1) is 0 Å². The summed E-state index contributed by atoms with van der Waals surface area (Å²) in [6, 6.07) is 21.0. The van der Waals surface area contributed by atoms with Gasteiger partial charge in [-0.2, -0.15) is 5.10 Å². The largest absolute Gasteiger partial charge is 0.489 e. The molecule has 3 aromatic carbocycles. The molecule has 30 heavy (non-hydrogen) atoms. The molecule has 5 nitrogen and oxygen atoms in total. The molecule has 3 rings (SSSR count). The second-order valence-corrected chi connectivity index (χ2v) is 7.27. The van der Waals surface area contributed by atoms with Gasteiger partial charge in [-0.25, -0.2) is 5.43 Å². The summed E-state index contributed by atoms with van der Waals surface area (Å²) in [5.41, 5.74) is 7.49. The van der Waals surface area contributed by atoms with Crippen LogP contribution in [0.15, 0.2) is 71.8 Å². The Morgan fingerprint density at radius 2 is 1.70 bits per heavy atom. The van der Waals surface area contributed by atoms with Crippen molar-refractivity contribution in [3.8, 4) is 5.75 Å². The Balaban J connectivity index is 1.45. The van der Waals surface area contributed by atoms with Crippen LogP contribution in [0.25, 0.3) is 0 Å². The number of carbonyl (C=O) groups is 1. The highest BCUT2D eigenvalue weighted by Gasteiger charge is 2.04. The number of hydrazone groups is 1. The van der Waals surface area contributed by atoms with E-state index in [4.69, 9.17) is 16.3 Å². The molecule has 6 heteroatoms. The summed E-state index contributed by atoms with van der Waals surface area (Å²) in [5, 5.41) is 7.85. The minimum absolute atomic E-state index is 0.151. The summed E-state index contributed by atoms with van der Waals surface area (Å²) >= 11 is 6.13. The number of ether oxygens (including phenoxy) is 1. The first-order chi connectivity index (χ1) is 14.5. The number of carbonyl (C=O) groups excluding carboxylic acids is 1. The van der Waals surface area contributed by atoms with Crippen LogP contribution in [0.4, 0.5) is 5.69 Å². The Morgan fingerprint density at radius 1 is 1.00 bits per heavy atom. The van der Waals surface area contributed by atoms with Crippen LogP contribution < -0.4 is 15.5 Å². The first kappa shape index (κ1) is 21.4. The molecule has 0 saturated carbocycles. The van der Waals surface area contributed by atoms with Gasteiger partial charge in [0.15, 0.2) is 0 Å². The van der Waals surface area contributed by atoms with E-state index < -0.39 is 0 Å². The first-order valence-corrected chi connectivity index (χ1v) is 9.99. The van der Waals surface area contributed by atoms with Crippen LogP contribution >= 0.6 is 11.6 Å². The zero-order valence-corrected chi connectivity index (χ0v) is 17.7. The molecule has 1 amide bonds. The van der Waals surface area contributed by atoms with Crippen LogP contribution in [0.5, 0.6) is 5.75 Å². The maximum absolute atomic E-state index is 12.0. The summed E-state index contributed by atoms with van der Waals surface area (Å²) < 4.78 is 5.76. The fraction of sp³-hybridized carbons (Fsp3) is 0.167. The number of halogens is 1. The topological polar surface area (TPSA) is 62.7 Å². The van der Waals surface area contributed by atoms with Gasteiger partial charge in [0, 0.05) is 16.3 Å². The molecule has 3 aromatic rings. The van der Waals surface area contributed by atoms with E-state index in [1.165, 1.54) is 0 Å². The van der Waals surface area contributed by atoms with Gasteiger partial charge in [0.2, 0.25) is 0 Å². The molecule has 2 N–H and O–H groups in total. The molecular formula is C24H24ClN3O2. The zero-order valence-electron chi connectivity index (χ0n) is 17.0. The van der Waals surface area contributed by atoms with Crippen LogP contribution in [0.1, 0.15) is 22.3 Å². The number of nitrogens with zero attached hydrogens (tertiary/aromatic N) is 1. The highest BCUT2D eigenvalue weighted by molar-refractivity contribution is 6.31. The third kappa shape index (κ3) is 6.09. The van der Waals surface area contributed by atoms with Gasteiger partial charge >= 0.3 is 0 Å². The fourth-order valence-corrected chi connectivity index (χ4v) is 3.10. The zero-order chi connectivity index (χ0) is 21.3. The minimum atomic E-state index is -0.214. The van der Waals surface area contributed by atoms with Crippen molar-refractivity contribution in [1.82, 2.24) is 5.43 Å². The van der Waals surface area contributed by atoms with Crippen LogP contribution in [-0.4, -0.2) is 18.7 Å². The second kappa shape index (κ2) is 10.5. The maximum Gasteiger partial charge on any atom is 0.259 e. The molecule has 0 aliphatic rings. The average molecular weight is 422 g/mol. The summed E-state index contributed by atoms with van der Waals surface area (Å²) in [6.45, 7) is 4.56. The van der Waals surface area contributed by atoms with Gasteiger partial charge < -0.3 is 10.1 Å². The lowest BCUT2D eigenvalue weighted by Gasteiger charge is -2.11. The summed E-state index contributed by atoms with van der Waals surface area (Å²) in [6.07, 6.45) is 1.59. The number of hydrogen-bond donors (Lipinski definition) is 2. The Kier molecular flexibility index (Phi) is 7.46. The number of anilines is 1. The molecule has 0 heterocycles. The van der Waals surface area contributed by atoms with E-state index in [1.54, 1.807) is 6.21 Å². The first-order valence-electron chi connectivity index (χ1n) is 9.61. The number of hydrogen-bond acceptors (Lipinski definition) is 4. The van der Waals surface area contributed by atoms with E-state index >= 15 is 0 Å². The van der Waals surface area contributed by atoms with Gasteiger partial charge in [-0.3, -0.25) is 4.79 Å². The lowest BCUT2D eigenvalue weighted by Crippen LogP contribution is -2.26. The number of amides is 1. The molecule has 0 aliphatic carbocycles. The fourth-order valence-electron chi connectivity index (χ4n) is 2.91. The van der Waals surface area contributed by atoms with Crippen molar-refractivity contribution >= 4 is 29.4 Å². The highest BCUT2D eigenvalue weighted by atomic mass is 35.5. The van der Waals surface area contributed by atoms with E-state index in [2.05, 4.69) is 15.8 Å². The van der Waals surface area contributed by atoms with E-state index in [0.29, 0.717) is 11.6 Å². The summed E-state index contributed by atoms with van der Waals surface area (Å²) in [4.78, 5) is 12.0. The Bertz CT molecular complexity index is 1010. The second-order valence-electron chi connectivity index (χ2n) is 6.86. The van der Waals surface area contributed by atoms with Crippen molar-refractivity contribution in [1.29, 1.82) is 0 Å². The lowest BCUT2D eigenvalue weighted by atomic mass is 10.1. The standard InChI is InChI=1S/C24H24ClN3O2/c1-17-6-5-7-18(2)24(17)26-15-23(29)28-27-14-19-10-12-21(13-11-19)30-16-20-8-3-4-9-22(20)25/h3-14,26H,15-16H2,1-2H3,(H,28,29)/b27-14-. The van der Waals surface area contributed by atoms with Gasteiger partial charge in [0.05, 0.1) is 12.8 Å². The normalized spacial score (nSPS) is 10.8. The average Bonchev–Trinajstić information content (AvgIpc) is 2.74. The van der Waals surface area contributed by atoms with Gasteiger partial charge in [0.1, 0.15) is 12.4 Å². The number of rotatable bonds is 8. The van der Waals surface area contributed by atoms with E-state index in [1.807, 2.05) is 80.6 Å². The van der Waals surface area contributed by atoms with Crippen LogP contribution in [0, 0.1) is 13.8 Å². The highest BCUT2D eigenvalue weighted by Crippen LogP contribution is 2.19. The Hall–Kier alpha value is -3.31. The maximum atomic E-state index is 12.0. The SMILES string of the molecule is Cc1cccc(C)c1NCC(=O)N/N=C\c1ccc(OCc2ccccc2Cl)cc1. The monoisotopic (exact) mass is 421 g/mol. The molecule has 0 unspecified atom stereocenters. The number of benzene rings is 3. The number of para-hydroxylation sites is 1. The van der Waals surface area contributed by atoms with Gasteiger partial charge in [-0.05, 0) is 60.9 Å². The molecule has 0 radical (unpaired) electrons. The molecule has 154 valence electrons. The molecule has 0 saturated heterocycles. The van der Waals surface area contributed by atoms with Crippen molar-refractivity contribution in [2.75, 3.05) is 11.9 Å². The molecule has 0 bridgehead atoms. The van der Waals surface area contributed by atoms with Crippen molar-refractivity contribution < 1.29 is 9.53 Å². The van der Waals surface area contributed by atoms with E-state index in [0.717, 1.165) is 33.7 Å². The van der Waals surface area contributed by atoms with Crippen LogP contribution in [0.2, 0.25) is 5.02 Å². The molecule has 0 atom stereocenters. The summed E-state index contributed by atoms with van der Waals surface area (Å²) in [7, 11) is 0. The van der Waals surface area contributed by atoms with Crippen LogP contribution in [-0.2, 0) is 11.4 Å². The quantitative estimate of drug-likeness (QED) is 0.393. The number of nitrogens with one attached hydrogen (secondary N) is 2. The van der Waals surface area contributed by atoms with E-state index in [-0.39, 0.29) is 12.5 Å². The third-order valence-corrected chi connectivity index (χ3v) is 4.91. The smallest absolute Gasteiger partial charge is 0.259 e. The van der Waals surface area contributed by atoms with Crippen molar-refractivity contribution in [3.63, 3.8) is 0 Å². The van der Waals surface area contributed by atoms with Gasteiger partial charge in [-0.1, -0.05) is 48.0 Å². The van der Waals surface area contributed by atoms with Crippen LogP contribution in [0.3, 0.4) is 0 Å². The predicted octanol–water partition coefficient (Wildman–Crippen LogP) is 5.10. The van der Waals surface area contributed by atoms with Crippen molar-refractivity contribution in [2.45, 2.75) is 20.5 Å². The third-order valence-electron chi connectivity index (χ3n) is 4.54. The molecule has 0 spiro atoms. The molecule has 0 aromatic heterocycles. The predicted molar refractivity (Wildman–Crippen MR) is 122 cm³/mol. The minimum Gasteiger partial charge on any atom is -0.489 e.